The molecule has 0 saturated carbocycles. The van der Waals surface area contributed by atoms with E-state index in [0.29, 0.717) is 6.42 Å². The van der Waals surface area contributed by atoms with Gasteiger partial charge in [-0.1, -0.05) is 78.9 Å². The van der Waals surface area contributed by atoms with Crippen LogP contribution in [0.5, 0.6) is 0 Å². The first-order chi connectivity index (χ1) is 12.8. The Hall–Kier alpha value is -2.71. The van der Waals surface area contributed by atoms with Gasteiger partial charge in [-0.2, -0.15) is 0 Å². The molecule has 0 atom stereocenters. The third kappa shape index (κ3) is 3.92. The van der Waals surface area contributed by atoms with Crippen LogP contribution >= 0.6 is 0 Å². The average molecular weight is 341 g/mol. The van der Waals surface area contributed by atoms with Crippen molar-refractivity contribution in [1.82, 2.24) is 4.90 Å². The molecule has 0 fully saturated rings. The summed E-state index contributed by atoms with van der Waals surface area (Å²) < 4.78 is 0. The molecule has 0 aromatic heterocycles. The van der Waals surface area contributed by atoms with E-state index in [9.17, 15) is 4.79 Å². The van der Waals surface area contributed by atoms with E-state index in [0.717, 1.165) is 37.2 Å². The highest BCUT2D eigenvalue weighted by Crippen LogP contribution is 2.20. The largest absolute Gasteiger partial charge is 0.294 e. The maximum Gasteiger partial charge on any atom is 0.167 e. The number of carbonyl (C=O) groups is 1. The molecule has 0 amide bonds. The van der Waals surface area contributed by atoms with E-state index in [2.05, 4.69) is 41.3 Å². The van der Waals surface area contributed by atoms with E-state index >= 15 is 0 Å². The summed E-state index contributed by atoms with van der Waals surface area (Å²) in [6, 6.07) is 26.8. The Kier molecular flexibility index (Phi) is 4.94. The molecule has 0 N–H and O–H groups in total. The first kappa shape index (κ1) is 16.7. The first-order valence-electron chi connectivity index (χ1n) is 9.23. The van der Waals surface area contributed by atoms with Gasteiger partial charge in [-0.25, -0.2) is 0 Å². The molecule has 1 aliphatic rings. The van der Waals surface area contributed by atoms with Gasteiger partial charge < -0.3 is 0 Å². The van der Waals surface area contributed by atoms with Crippen LogP contribution in [-0.2, 0) is 25.9 Å². The van der Waals surface area contributed by atoms with Gasteiger partial charge in [0, 0.05) is 31.6 Å². The Balaban J connectivity index is 1.38. The molecule has 2 nitrogen and oxygen atoms in total. The van der Waals surface area contributed by atoms with Gasteiger partial charge >= 0.3 is 0 Å². The van der Waals surface area contributed by atoms with E-state index in [1.54, 1.807) is 0 Å². The van der Waals surface area contributed by atoms with Crippen LogP contribution < -0.4 is 0 Å². The SMILES string of the molecule is O=C(Cc1ccccc1)c1ccc(CN2CCc3ccccc3C2)cc1. The van der Waals surface area contributed by atoms with Crippen LogP contribution in [0.4, 0.5) is 0 Å². The van der Waals surface area contributed by atoms with Crippen molar-refractivity contribution in [3.8, 4) is 0 Å². The van der Waals surface area contributed by atoms with Crippen molar-refractivity contribution in [3.63, 3.8) is 0 Å². The van der Waals surface area contributed by atoms with E-state index in [4.69, 9.17) is 0 Å². The Morgan fingerprint density at radius 1 is 0.769 bits per heavy atom. The van der Waals surface area contributed by atoms with Crippen LogP contribution in [0.15, 0.2) is 78.9 Å². The molecule has 26 heavy (non-hydrogen) atoms. The summed E-state index contributed by atoms with van der Waals surface area (Å²) in [7, 11) is 0. The minimum Gasteiger partial charge on any atom is -0.294 e. The maximum atomic E-state index is 12.4. The van der Waals surface area contributed by atoms with Gasteiger partial charge in [-0.15, -0.1) is 0 Å². The Bertz CT molecular complexity index is 884. The minimum absolute atomic E-state index is 0.176. The Labute approximate surface area is 155 Å². The van der Waals surface area contributed by atoms with Gasteiger partial charge in [0.2, 0.25) is 0 Å². The molecule has 1 heterocycles. The first-order valence-corrected chi connectivity index (χ1v) is 9.23. The summed E-state index contributed by atoms with van der Waals surface area (Å²) in [5.41, 5.74) is 6.04. The van der Waals surface area contributed by atoms with Gasteiger partial charge in [0.05, 0.1) is 0 Å². The number of benzene rings is 3. The number of ketones is 1. The summed E-state index contributed by atoms with van der Waals surface area (Å²) in [5.74, 6) is 0.176. The second-order valence-electron chi connectivity index (χ2n) is 7.01. The third-order valence-corrected chi connectivity index (χ3v) is 5.10. The van der Waals surface area contributed by atoms with Crippen molar-refractivity contribution < 1.29 is 4.79 Å². The molecule has 4 rings (SSSR count). The second-order valence-corrected chi connectivity index (χ2v) is 7.01. The average Bonchev–Trinajstić information content (AvgIpc) is 2.69. The van der Waals surface area contributed by atoms with Crippen molar-refractivity contribution in [2.75, 3.05) is 6.54 Å². The molecule has 3 aromatic carbocycles. The molecule has 0 spiro atoms. The topological polar surface area (TPSA) is 20.3 Å². The number of nitrogens with zero attached hydrogens (tertiary/aromatic N) is 1. The zero-order valence-electron chi connectivity index (χ0n) is 14.9. The van der Waals surface area contributed by atoms with E-state index in [-0.39, 0.29) is 5.78 Å². The van der Waals surface area contributed by atoms with Crippen LogP contribution in [0.1, 0.15) is 32.6 Å². The van der Waals surface area contributed by atoms with Crippen molar-refractivity contribution in [2.45, 2.75) is 25.9 Å². The molecule has 0 saturated heterocycles. The van der Waals surface area contributed by atoms with Crippen molar-refractivity contribution in [2.24, 2.45) is 0 Å². The Morgan fingerprint density at radius 3 is 2.23 bits per heavy atom. The Morgan fingerprint density at radius 2 is 1.46 bits per heavy atom. The summed E-state index contributed by atoms with van der Waals surface area (Å²) in [6.45, 7) is 3.03. The molecule has 130 valence electrons. The smallest absolute Gasteiger partial charge is 0.167 e. The van der Waals surface area contributed by atoms with E-state index in [1.807, 2.05) is 42.5 Å². The molecular formula is C24H23NO. The van der Waals surface area contributed by atoms with Crippen LogP contribution in [0, 0.1) is 0 Å². The molecule has 2 heteroatoms. The molecular weight excluding hydrogens is 318 g/mol. The fourth-order valence-electron chi connectivity index (χ4n) is 3.63. The van der Waals surface area contributed by atoms with Crippen molar-refractivity contribution in [1.29, 1.82) is 0 Å². The highest BCUT2D eigenvalue weighted by atomic mass is 16.1. The number of rotatable bonds is 5. The van der Waals surface area contributed by atoms with Crippen LogP contribution in [0.3, 0.4) is 0 Å². The summed E-state index contributed by atoms with van der Waals surface area (Å²) in [6.07, 6.45) is 1.58. The van der Waals surface area contributed by atoms with Crippen molar-refractivity contribution in [3.05, 3.63) is 107 Å². The van der Waals surface area contributed by atoms with Gasteiger partial charge in [0.25, 0.3) is 0 Å². The lowest BCUT2D eigenvalue weighted by atomic mass is 9.99. The third-order valence-electron chi connectivity index (χ3n) is 5.10. The number of fused-ring (bicyclic) bond motifs is 1. The predicted octanol–water partition coefficient (Wildman–Crippen LogP) is 4.67. The van der Waals surface area contributed by atoms with Gasteiger partial charge in [0.15, 0.2) is 5.78 Å². The summed E-state index contributed by atoms with van der Waals surface area (Å²) in [4.78, 5) is 14.9. The maximum absolute atomic E-state index is 12.4. The van der Waals surface area contributed by atoms with E-state index in [1.165, 1.54) is 16.7 Å². The van der Waals surface area contributed by atoms with Crippen LogP contribution in [0.25, 0.3) is 0 Å². The highest BCUT2D eigenvalue weighted by Gasteiger charge is 2.16. The number of hydrogen-bond acceptors (Lipinski definition) is 2. The van der Waals surface area contributed by atoms with E-state index < -0.39 is 0 Å². The van der Waals surface area contributed by atoms with Crippen LogP contribution in [-0.4, -0.2) is 17.2 Å². The standard InChI is InChI=1S/C24H23NO/c26-24(16-19-6-2-1-3-7-19)22-12-10-20(11-13-22)17-25-15-14-21-8-4-5-9-23(21)18-25/h1-13H,14-18H2. The molecule has 0 unspecified atom stereocenters. The number of hydrogen-bond donors (Lipinski definition) is 0. The molecule has 0 aliphatic carbocycles. The summed E-state index contributed by atoms with van der Waals surface area (Å²) >= 11 is 0. The molecule has 3 aromatic rings. The zero-order chi connectivity index (χ0) is 17.8. The fraction of sp³-hybridized carbons (Fsp3) is 0.208. The predicted molar refractivity (Wildman–Crippen MR) is 105 cm³/mol. The zero-order valence-corrected chi connectivity index (χ0v) is 14.9. The molecule has 0 bridgehead atoms. The lowest BCUT2D eigenvalue weighted by Gasteiger charge is -2.28. The van der Waals surface area contributed by atoms with Gasteiger partial charge in [-0.3, -0.25) is 9.69 Å². The normalized spacial score (nSPS) is 14.0. The van der Waals surface area contributed by atoms with Gasteiger partial charge in [-0.05, 0) is 28.7 Å². The molecule has 1 aliphatic heterocycles. The lowest BCUT2D eigenvalue weighted by molar-refractivity contribution is 0.0993. The monoisotopic (exact) mass is 341 g/mol. The quantitative estimate of drug-likeness (QED) is 0.629. The highest BCUT2D eigenvalue weighted by molar-refractivity contribution is 5.97. The number of carbonyl (C=O) groups excluding carboxylic acids is 1. The molecule has 0 radical (unpaired) electrons. The van der Waals surface area contributed by atoms with Crippen LogP contribution in [0.2, 0.25) is 0 Å². The number of Topliss-reactive ketones (excluding diaryl/α,β-unsaturated/α-hetero) is 1. The second kappa shape index (κ2) is 7.67. The lowest BCUT2D eigenvalue weighted by Crippen LogP contribution is -2.29. The summed E-state index contributed by atoms with van der Waals surface area (Å²) in [5, 5.41) is 0. The fourth-order valence-corrected chi connectivity index (χ4v) is 3.63. The minimum atomic E-state index is 0.176. The van der Waals surface area contributed by atoms with Gasteiger partial charge in [0.1, 0.15) is 0 Å². The van der Waals surface area contributed by atoms with Crippen molar-refractivity contribution >= 4 is 5.78 Å².